The molecule has 0 aromatic carbocycles. The summed E-state index contributed by atoms with van der Waals surface area (Å²) >= 11 is 1.41. The Bertz CT molecular complexity index is 636. The minimum Gasteiger partial charge on any atom is -0.375 e. The van der Waals surface area contributed by atoms with Gasteiger partial charge in [0.05, 0.1) is 25.1 Å². The lowest BCUT2D eigenvalue weighted by molar-refractivity contribution is -0.0224. The van der Waals surface area contributed by atoms with Crippen molar-refractivity contribution in [2.24, 2.45) is 7.05 Å². The topological polar surface area (TPSA) is 60.2 Å². The van der Waals surface area contributed by atoms with E-state index in [0.29, 0.717) is 24.6 Å². The van der Waals surface area contributed by atoms with Gasteiger partial charge in [-0.2, -0.15) is 5.10 Å². The Balaban J connectivity index is 1.75. The molecule has 3 rings (SSSR count). The van der Waals surface area contributed by atoms with Gasteiger partial charge in [-0.15, -0.1) is 11.3 Å². The second-order valence-electron chi connectivity index (χ2n) is 5.08. The van der Waals surface area contributed by atoms with E-state index in [9.17, 15) is 4.79 Å². The molecule has 1 aliphatic heterocycles. The summed E-state index contributed by atoms with van der Waals surface area (Å²) in [6.07, 6.45) is 6.39. The van der Waals surface area contributed by atoms with Crippen molar-refractivity contribution >= 4 is 17.2 Å². The predicted octanol–water partition coefficient (Wildman–Crippen LogP) is 1.79. The van der Waals surface area contributed by atoms with Crippen LogP contribution in [0.5, 0.6) is 0 Å². The van der Waals surface area contributed by atoms with Crippen LogP contribution in [0.3, 0.4) is 0 Å². The van der Waals surface area contributed by atoms with E-state index in [1.807, 2.05) is 18.1 Å². The molecule has 3 heterocycles. The molecular weight excluding hydrogens is 288 g/mol. The van der Waals surface area contributed by atoms with Crippen LogP contribution in [0.15, 0.2) is 18.6 Å². The third-order valence-corrected chi connectivity index (χ3v) is 4.58. The van der Waals surface area contributed by atoms with Crippen LogP contribution in [-0.2, 0) is 11.8 Å². The number of amides is 1. The Hall–Kier alpha value is -1.73. The van der Waals surface area contributed by atoms with Crippen molar-refractivity contribution in [2.45, 2.75) is 19.4 Å². The van der Waals surface area contributed by atoms with Gasteiger partial charge in [0.15, 0.2) is 0 Å². The number of hydrogen-bond donors (Lipinski definition) is 0. The molecule has 2 aromatic heterocycles. The van der Waals surface area contributed by atoms with Gasteiger partial charge in [0.2, 0.25) is 0 Å². The molecule has 0 unspecified atom stereocenters. The molecule has 0 radical (unpaired) electrons. The quantitative estimate of drug-likeness (QED) is 0.867. The monoisotopic (exact) mass is 306 g/mol. The Morgan fingerprint density at radius 1 is 1.52 bits per heavy atom. The van der Waals surface area contributed by atoms with E-state index < -0.39 is 0 Å². The fraction of sp³-hybridized carbons (Fsp3) is 0.500. The number of carbonyl (C=O) groups excluding carboxylic acids is 1. The molecule has 1 saturated heterocycles. The Labute approximate surface area is 127 Å². The highest BCUT2D eigenvalue weighted by atomic mass is 32.1. The van der Waals surface area contributed by atoms with Crippen LogP contribution >= 0.6 is 11.3 Å². The summed E-state index contributed by atoms with van der Waals surface area (Å²) < 4.78 is 7.33. The first-order valence-corrected chi connectivity index (χ1v) is 7.84. The molecule has 1 amide bonds. The van der Waals surface area contributed by atoms with Crippen molar-refractivity contribution < 1.29 is 9.53 Å². The van der Waals surface area contributed by atoms with Crippen LogP contribution in [0.2, 0.25) is 0 Å². The van der Waals surface area contributed by atoms with Gasteiger partial charge in [0.1, 0.15) is 9.88 Å². The first kappa shape index (κ1) is 14.2. The van der Waals surface area contributed by atoms with E-state index in [1.54, 1.807) is 17.1 Å². The molecule has 21 heavy (non-hydrogen) atoms. The summed E-state index contributed by atoms with van der Waals surface area (Å²) in [4.78, 5) is 19.4. The average molecular weight is 306 g/mol. The van der Waals surface area contributed by atoms with Crippen molar-refractivity contribution in [3.63, 3.8) is 0 Å². The molecule has 112 valence electrons. The summed E-state index contributed by atoms with van der Waals surface area (Å²) in [7, 11) is 1.86. The number of rotatable bonds is 3. The highest BCUT2D eigenvalue weighted by Gasteiger charge is 2.25. The standard InChI is InChI=1S/C14H18N4O2S/c1-3-11-9-18(4-5-20-11)14(19)12-7-15-13(21-12)10-6-16-17(2)8-10/h6-8,11H,3-5,9H2,1-2H3/t11-/m1/s1. The third kappa shape index (κ3) is 2.98. The van der Waals surface area contributed by atoms with E-state index in [0.717, 1.165) is 17.0 Å². The molecule has 0 saturated carbocycles. The molecule has 6 nitrogen and oxygen atoms in total. The molecule has 1 fully saturated rings. The van der Waals surface area contributed by atoms with Crippen molar-refractivity contribution in [3.8, 4) is 10.6 Å². The van der Waals surface area contributed by atoms with Gasteiger partial charge < -0.3 is 9.64 Å². The van der Waals surface area contributed by atoms with Crippen molar-refractivity contribution in [2.75, 3.05) is 19.7 Å². The molecule has 0 N–H and O–H groups in total. The highest BCUT2D eigenvalue weighted by molar-refractivity contribution is 7.16. The minimum absolute atomic E-state index is 0.0457. The lowest BCUT2D eigenvalue weighted by atomic mass is 10.2. The fourth-order valence-corrected chi connectivity index (χ4v) is 3.20. The number of thiazole rings is 1. The molecule has 0 bridgehead atoms. The van der Waals surface area contributed by atoms with Crippen LogP contribution in [0.1, 0.15) is 23.0 Å². The molecule has 7 heteroatoms. The van der Waals surface area contributed by atoms with Gasteiger partial charge in [-0.3, -0.25) is 9.48 Å². The van der Waals surface area contributed by atoms with Crippen molar-refractivity contribution in [3.05, 3.63) is 23.5 Å². The largest absolute Gasteiger partial charge is 0.375 e. The minimum atomic E-state index is 0.0457. The van der Waals surface area contributed by atoms with E-state index in [4.69, 9.17) is 4.74 Å². The van der Waals surface area contributed by atoms with Crippen LogP contribution in [0, 0.1) is 0 Å². The zero-order valence-corrected chi connectivity index (χ0v) is 13.0. The second kappa shape index (κ2) is 5.95. The number of ether oxygens (including phenoxy) is 1. The SMILES string of the molecule is CC[C@@H]1CN(C(=O)c2cnc(-c3cnn(C)c3)s2)CCO1. The smallest absolute Gasteiger partial charge is 0.265 e. The number of carbonyl (C=O) groups is 1. The Kier molecular flexibility index (Phi) is 4.03. The summed E-state index contributed by atoms with van der Waals surface area (Å²) in [5.41, 5.74) is 0.940. The summed E-state index contributed by atoms with van der Waals surface area (Å²) in [5, 5.41) is 4.96. The molecule has 0 aliphatic carbocycles. The van der Waals surface area contributed by atoms with Gasteiger partial charge in [-0.25, -0.2) is 4.98 Å². The zero-order valence-electron chi connectivity index (χ0n) is 12.2. The number of morpholine rings is 1. The molecule has 0 spiro atoms. The number of nitrogens with zero attached hydrogens (tertiary/aromatic N) is 4. The van der Waals surface area contributed by atoms with Gasteiger partial charge in [0.25, 0.3) is 5.91 Å². The van der Waals surface area contributed by atoms with Crippen LogP contribution in [0.4, 0.5) is 0 Å². The number of aryl methyl sites for hydroxylation is 1. The van der Waals surface area contributed by atoms with Crippen molar-refractivity contribution in [1.29, 1.82) is 0 Å². The normalized spacial score (nSPS) is 19.0. The van der Waals surface area contributed by atoms with Crippen LogP contribution < -0.4 is 0 Å². The van der Waals surface area contributed by atoms with Gasteiger partial charge >= 0.3 is 0 Å². The average Bonchev–Trinajstić information content (AvgIpc) is 3.15. The summed E-state index contributed by atoms with van der Waals surface area (Å²) in [6.45, 7) is 4.00. The first-order valence-electron chi connectivity index (χ1n) is 7.03. The molecular formula is C14H18N4O2S. The van der Waals surface area contributed by atoms with E-state index in [1.165, 1.54) is 11.3 Å². The maximum absolute atomic E-state index is 12.5. The fourth-order valence-electron chi connectivity index (χ4n) is 2.34. The summed E-state index contributed by atoms with van der Waals surface area (Å²) in [6, 6.07) is 0. The maximum Gasteiger partial charge on any atom is 0.265 e. The number of hydrogen-bond acceptors (Lipinski definition) is 5. The maximum atomic E-state index is 12.5. The first-order chi connectivity index (χ1) is 10.2. The lowest BCUT2D eigenvalue weighted by Gasteiger charge is -2.32. The third-order valence-electron chi connectivity index (χ3n) is 3.55. The number of aromatic nitrogens is 3. The van der Waals surface area contributed by atoms with E-state index in [2.05, 4.69) is 17.0 Å². The molecule has 2 aromatic rings. The molecule has 1 atom stereocenters. The van der Waals surface area contributed by atoms with Crippen LogP contribution in [0.25, 0.3) is 10.6 Å². The van der Waals surface area contributed by atoms with Crippen LogP contribution in [-0.4, -0.2) is 51.4 Å². The lowest BCUT2D eigenvalue weighted by Crippen LogP contribution is -2.45. The van der Waals surface area contributed by atoms with Gasteiger partial charge in [-0.1, -0.05) is 6.92 Å². The van der Waals surface area contributed by atoms with E-state index >= 15 is 0 Å². The predicted molar refractivity (Wildman–Crippen MR) is 80.3 cm³/mol. The van der Waals surface area contributed by atoms with E-state index in [-0.39, 0.29) is 12.0 Å². The van der Waals surface area contributed by atoms with Gasteiger partial charge in [0, 0.05) is 31.9 Å². The zero-order chi connectivity index (χ0) is 14.8. The summed E-state index contributed by atoms with van der Waals surface area (Å²) in [5.74, 6) is 0.0457. The Morgan fingerprint density at radius 2 is 2.38 bits per heavy atom. The van der Waals surface area contributed by atoms with Crippen molar-refractivity contribution in [1.82, 2.24) is 19.7 Å². The molecule has 1 aliphatic rings. The van der Waals surface area contributed by atoms with Gasteiger partial charge in [-0.05, 0) is 6.42 Å². The second-order valence-corrected chi connectivity index (χ2v) is 6.12. The highest BCUT2D eigenvalue weighted by Crippen LogP contribution is 2.26. The Morgan fingerprint density at radius 3 is 3.10 bits per heavy atom.